The van der Waals surface area contributed by atoms with E-state index in [4.69, 9.17) is 0 Å². The first kappa shape index (κ1) is 20.0. The van der Waals surface area contributed by atoms with Gasteiger partial charge in [-0.1, -0.05) is 50.2 Å². The van der Waals surface area contributed by atoms with E-state index in [0.717, 1.165) is 19.4 Å². The van der Waals surface area contributed by atoms with E-state index in [2.05, 4.69) is 43.4 Å². The van der Waals surface area contributed by atoms with Gasteiger partial charge in [-0.3, -0.25) is 14.9 Å². The van der Waals surface area contributed by atoms with Crippen LogP contribution in [0.4, 0.5) is 11.4 Å². The van der Waals surface area contributed by atoms with Crippen LogP contribution >= 0.6 is 0 Å². The highest BCUT2D eigenvalue weighted by Crippen LogP contribution is 2.23. The summed E-state index contributed by atoms with van der Waals surface area (Å²) in [6.07, 6.45) is 2.23. The number of hydrogen-bond acceptors (Lipinski definition) is 3. The smallest absolute Gasteiger partial charge is 0.292 e. The molecular weight excluding hydrogens is 354 g/mol. The van der Waals surface area contributed by atoms with Gasteiger partial charge in [0, 0.05) is 24.5 Å². The Hall–Kier alpha value is -2.73. The Kier molecular flexibility index (Phi) is 6.09. The van der Waals surface area contributed by atoms with Gasteiger partial charge < -0.3 is 10.2 Å². The van der Waals surface area contributed by atoms with Gasteiger partial charge in [0.15, 0.2) is 6.04 Å². The first-order valence-corrected chi connectivity index (χ1v) is 9.85. The van der Waals surface area contributed by atoms with Crippen LogP contribution in [0.2, 0.25) is 0 Å². The number of quaternary nitrogens is 1. The van der Waals surface area contributed by atoms with Gasteiger partial charge in [0.2, 0.25) is 0 Å². The molecule has 148 valence electrons. The fraction of sp³-hybridized carbons (Fsp3) is 0.409. The van der Waals surface area contributed by atoms with E-state index in [-0.39, 0.29) is 23.3 Å². The minimum absolute atomic E-state index is 0.0831. The third-order valence-corrected chi connectivity index (χ3v) is 5.46. The van der Waals surface area contributed by atoms with Crippen molar-refractivity contribution < 1.29 is 14.6 Å². The molecule has 0 radical (unpaired) electrons. The molecule has 2 atom stereocenters. The number of anilines is 1. The van der Waals surface area contributed by atoms with Gasteiger partial charge >= 0.3 is 0 Å². The lowest BCUT2D eigenvalue weighted by atomic mass is 10.0. The zero-order valence-electron chi connectivity index (χ0n) is 16.6. The van der Waals surface area contributed by atoms with Crippen LogP contribution in [0.3, 0.4) is 0 Å². The van der Waals surface area contributed by atoms with Crippen molar-refractivity contribution in [3.63, 3.8) is 0 Å². The van der Waals surface area contributed by atoms with Gasteiger partial charge in [-0.15, -0.1) is 0 Å². The predicted molar refractivity (Wildman–Crippen MR) is 109 cm³/mol. The Balaban J connectivity index is 1.72. The normalized spacial score (nSPS) is 15.9. The molecule has 1 amide bonds. The standard InChI is InChI=1S/C22H27N3O3/c1-15(2)18-10-8-17(9-11-18)14-24(19-12-13-19)16(3)22(26)23-20-6-4-5-7-21(20)25(27)28/h4-11,15-16,19H,12-14H2,1-3H3,(H,23,26)/p+1/t16-/m1/s1. The lowest BCUT2D eigenvalue weighted by Crippen LogP contribution is -3.16. The van der Waals surface area contributed by atoms with E-state index >= 15 is 0 Å². The molecule has 0 heterocycles. The molecule has 6 nitrogen and oxygen atoms in total. The van der Waals surface area contributed by atoms with Crippen LogP contribution in [0.15, 0.2) is 48.5 Å². The number of rotatable bonds is 8. The predicted octanol–water partition coefficient (Wildman–Crippen LogP) is 3.29. The molecule has 0 aliphatic heterocycles. The number of hydrogen-bond donors (Lipinski definition) is 2. The molecule has 6 heteroatoms. The fourth-order valence-electron chi connectivity index (χ4n) is 3.51. The number of carbonyl (C=O) groups excluding carboxylic acids is 1. The van der Waals surface area contributed by atoms with Crippen LogP contribution < -0.4 is 10.2 Å². The maximum absolute atomic E-state index is 12.8. The van der Waals surface area contributed by atoms with Crippen LogP contribution in [0.5, 0.6) is 0 Å². The second kappa shape index (κ2) is 8.52. The van der Waals surface area contributed by atoms with Crippen LogP contribution in [0, 0.1) is 10.1 Å². The Bertz CT molecular complexity index is 844. The molecule has 3 rings (SSSR count). The maximum atomic E-state index is 12.8. The Morgan fingerprint density at radius 3 is 2.36 bits per heavy atom. The van der Waals surface area contributed by atoms with Crippen molar-refractivity contribution in [3.05, 3.63) is 69.8 Å². The first-order chi connectivity index (χ1) is 13.4. The van der Waals surface area contributed by atoms with E-state index in [1.807, 2.05) is 6.92 Å². The number of amides is 1. The van der Waals surface area contributed by atoms with Crippen molar-refractivity contribution in [2.24, 2.45) is 0 Å². The van der Waals surface area contributed by atoms with Crippen molar-refractivity contribution in [2.45, 2.75) is 58.2 Å². The maximum Gasteiger partial charge on any atom is 0.292 e. The van der Waals surface area contributed by atoms with Crippen LogP contribution in [0.1, 0.15) is 50.7 Å². The molecule has 0 spiro atoms. The Morgan fingerprint density at radius 2 is 1.79 bits per heavy atom. The number of carbonyl (C=O) groups is 1. The number of nitro groups is 1. The summed E-state index contributed by atoms with van der Waals surface area (Å²) < 4.78 is 0. The fourth-order valence-corrected chi connectivity index (χ4v) is 3.51. The van der Waals surface area contributed by atoms with E-state index in [1.165, 1.54) is 22.1 Å². The molecule has 1 saturated carbocycles. The SMILES string of the molecule is CC(C)c1ccc(C[NH+](C2CC2)[C@H](C)C(=O)Nc2ccccc2[N+](=O)[O-])cc1. The van der Waals surface area contributed by atoms with Crippen molar-refractivity contribution in [1.82, 2.24) is 0 Å². The van der Waals surface area contributed by atoms with E-state index < -0.39 is 4.92 Å². The molecule has 0 saturated heterocycles. The summed E-state index contributed by atoms with van der Waals surface area (Å²) in [5.74, 6) is 0.308. The Labute approximate surface area is 165 Å². The van der Waals surface area contributed by atoms with E-state index in [9.17, 15) is 14.9 Å². The molecule has 2 aromatic rings. The number of nitro benzene ring substituents is 1. The number of para-hydroxylation sites is 2. The first-order valence-electron chi connectivity index (χ1n) is 9.85. The largest absolute Gasteiger partial charge is 0.319 e. The molecule has 1 aliphatic rings. The van der Waals surface area contributed by atoms with Crippen LogP contribution in [-0.4, -0.2) is 22.9 Å². The summed E-state index contributed by atoms with van der Waals surface area (Å²) in [5.41, 5.74) is 2.68. The van der Waals surface area contributed by atoms with Crippen LogP contribution in [0.25, 0.3) is 0 Å². The van der Waals surface area contributed by atoms with Gasteiger partial charge in [0.05, 0.1) is 11.0 Å². The molecule has 2 N–H and O–H groups in total. The highest BCUT2D eigenvalue weighted by atomic mass is 16.6. The summed E-state index contributed by atoms with van der Waals surface area (Å²) in [4.78, 5) is 24.8. The number of benzene rings is 2. The molecule has 1 fully saturated rings. The molecule has 0 aromatic heterocycles. The Morgan fingerprint density at radius 1 is 1.14 bits per heavy atom. The highest BCUT2D eigenvalue weighted by molar-refractivity contribution is 5.95. The zero-order valence-corrected chi connectivity index (χ0v) is 16.6. The van der Waals surface area contributed by atoms with Gasteiger partial charge in [-0.25, -0.2) is 0 Å². The van der Waals surface area contributed by atoms with Gasteiger partial charge in [-0.2, -0.15) is 0 Å². The third-order valence-electron chi connectivity index (χ3n) is 5.46. The lowest BCUT2D eigenvalue weighted by Gasteiger charge is -2.25. The van der Waals surface area contributed by atoms with E-state index in [0.29, 0.717) is 12.0 Å². The summed E-state index contributed by atoms with van der Waals surface area (Å²) >= 11 is 0. The van der Waals surface area contributed by atoms with Gasteiger partial charge in [0.1, 0.15) is 12.2 Å². The minimum Gasteiger partial charge on any atom is -0.319 e. The quantitative estimate of drug-likeness (QED) is 0.543. The molecule has 28 heavy (non-hydrogen) atoms. The second-order valence-corrected chi connectivity index (χ2v) is 7.91. The average molecular weight is 382 g/mol. The molecule has 1 unspecified atom stereocenters. The number of nitrogens with one attached hydrogen (secondary N) is 2. The van der Waals surface area contributed by atoms with Gasteiger partial charge in [0.25, 0.3) is 11.6 Å². The van der Waals surface area contributed by atoms with Crippen molar-refractivity contribution in [2.75, 3.05) is 5.32 Å². The summed E-state index contributed by atoms with van der Waals surface area (Å²) in [6.45, 7) is 7.02. The number of nitrogens with zero attached hydrogens (tertiary/aromatic N) is 1. The molecule has 1 aliphatic carbocycles. The van der Waals surface area contributed by atoms with Gasteiger partial charge in [-0.05, 0) is 24.5 Å². The summed E-state index contributed by atoms with van der Waals surface area (Å²) in [7, 11) is 0. The third kappa shape index (κ3) is 4.75. The van der Waals surface area contributed by atoms with Crippen molar-refractivity contribution in [1.29, 1.82) is 0 Å². The average Bonchev–Trinajstić information content (AvgIpc) is 3.51. The van der Waals surface area contributed by atoms with Crippen molar-refractivity contribution >= 4 is 17.3 Å². The molecule has 0 bridgehead atoms. The van der Waals surface area contributed by atoms with Crippen molar-refractivity contribution in [3.8, 4) is 0 Å². The topological polar surface area (TPSA) is 76.7 Å². The van der Waals surface area contributed by atoms with Crippen LogP contribution in [-0.2, 0) is 11.3 Å². The minimum atomic E-state index is -0.470. The monoisotopic (exact) mass is 382 g/mol. The summed E-state index contributed by atoms with van der Waals surface area (Å²) in [5, 5.41) is 14.0. The lowest BCUT2D eigenvalue weighted by molar-refractivity contribution is -0.938. The molecular formula is C22H28N3O3+. The zero-order chi connectivity index (χ0) is 20.3. The molecule has 2 aromatic carbocycles. The summed E-state index contributed by atoms with van der Waals surface area (Å²) in [6, 6.07) is 15.0. The highest BCUT2D eigenvalue weighted by Gasteiger charge is 2.39. The van der Waals surface area contributed by atoms with E-state index in [1.54, 1.807) is 18.2 Å². The second-order valence-electron chi connectivity index (χ2n) is 7.91.